The lowest BCUT2D eigenvalue weighted by molar-refractivity contribution is 0.0982. The average molecular weight is 411 g/mol. The van der Waals surface area contributed by atoms with Gasteiger partial charge < -0.3 is 10.0 Å². The van der Waals surface area contributed by atoms with Crippen LogP contribution in [0.15, 0.2) is 18.3 Å². The lowest BCUT2D eigenvalue weighted by Crippen LogP contribution is -2.47. The van der Waals surface area contributed by atoms with Crippen molar-refractivity contribution in [2.45, 2.75) is 25.7 Å². The first kappa shape index (κ1) is 21.2. The van der Waals surface area contributed by atoms with Crippen molar-refractivity contribution >= 4 is 21.6 Å². The van der Waals surface area contributed by atoms with Gasteiger partial charge in [-0.3, -0.25) is 9.69 Å². The second kappa shape index (κ2) is 9.78. The van der Waals surface area contributed by atoms with E-state index in [2.05, 4.69) is 14.8 Å². The Morgan fingerprint density at radius 2 is 1.82 bits per heavy atom. The second-order valence-electron chi connectivity index (χ2n) is 7.38. The van der Waals surface area contributed by atoms with Crippen molar-refractivity contribution in [3.05, 3.63) is 23.9 Å². The number of β-amino-alcohol motifs (C(OH)–C–C–N with tert-alkyl or cyclic N) is 1. The molecule has 0 bridgehead atoms. The van der Waals surface area contributed by atoms with Gasteiger partial charge in [-0.25, -0.2) is 17.7 Å². The Bertz CT molecular complexity index is 757. The molecular weight excluding hydrogens is 380 g/mol. The second-order valence-corrected chi connectivity index (χ2v) is 9.46. The standard InChI is InChI=1S/C19H30N4O4S/c24-15-14-21-10-12-22(13-11-21)19-17(5-3-7-20-19)18(25)6-4-16-28(26,27)23-8-1-2-9-23/h3,5,7,24H,1-2,4,6,8-16H2. The summed E-state index contributed by atoms with van der Waals surface area (Å²) in [6, 6.07) is 3.53. The molecule has 0 aliphatic carbocycles. The summed E-state index contributed by atoms with van der Waals surface area (Å²) in [4.78, 5) is 21.5. The number of nitrogens with zero attached hydrogens (tertiary/aromatic N) is 4. The largest absolute Gasteiger partial charge is 0.395 e. The summed E-state index contributed by atoms with van der Waals surface area (Å²) in [6.07, 6.45) is 4.06. The minimum atomic E-state index is -3.25. The summed E-state index contributed by atoms with van der Waals surface area (Å²) >= 11 is 0. The highest BCUT2D eigenvalue weighted by atomic mass is 32.2. The summed E-state index contributed by atoms with van der Waals surface area (Å²) in [6.45, 7) is 5.15. The van der Waals surface area contributed by atoms with Gasteiger partial charge in [-0.05, 0) is 31.4 Å². The molecule has 0 saturated carbocycles. The number of hydrogen-bond donors (Lipinski definition) is 1. The quantitative estimate of drug-likeness (QED) is 0.595. The molecule has 1 aromatic rings. The number of piperazine rings is 1. The van der Waals surface area contributed by atoms with Crippen LogP contribution >= 0.6 is 0 Å². The number of rotatable bonds is 9. The molecule has 3 heterocycles. The molecule has 28 heavy (non-hydrogen) atoms. The number of aromatic nitrogens is 1. The van der Waals surface area contributed by atoms with Crippen LogP contribution in [-0.2, 0) is 10.0 Å². The van der Waals surface area contributed by atoms with Crippen LogP contribution in [0.3, 0.4) is 0 Å². The van der Waals surface area contributed by atoms with Gasteiger partial charge in [-0.1, -0.05) is 0 Å². The molecular formula is C19H30N4O4S. The van der Waals surface area contributed by atoms with Gasteiger partial charge in [0.15, 0.2) is 5.78 Å². The number of hydrogen-bond acceptors (Lipinski definition) is 7. The van der Waals surface area contributed by atoms with Gasteiger partial charge in [-0.2, -0.15) is 0 Å². The number of aliphatic hydroxyl groups is 1. The van der Waals surface area contributed by atoms with Crippen LogP contribution in [0, 0.1) is 0 Å². The number of carbonyl (C=O) groups is 1. The Hall–Kier alpha value is -1.55. The average Bonchev–Trinajstić information content (AvgIpc) is 3.25. The maximum absolute atomic E-state index is 12.8. The SMILES string of the molecule is O=C(CCCS(=O)(=O)N1CCCC1)c1cccnc1N1CCN(CCO)CC1. The van der Waals surface area contributed by atoms with Crippen LogP contribution in [0.5, 0.6) is 0 Å². The van der Waals surface area contributed by atoms with Gasteiger partial charge in [0.1, 0.15) is 5.82 Å². The molecule has 3 rings (SSSR count). The van der Waals surface area contributed by atoms with Crippen molar-refractivity contribution in [3.8, 4) is 0 Å². The number of Topliss-reactive ketones (excluding diaryl/α,β-unsaturated/α-hetero) is 1. The van der Waals surface area contributed by atoms with E-state index in [1.807, 2.05) is 0 Å². The van der Waals surface area contributed by atoms with Crippen LogP contribution in [0.1, 0.15) is 36.0 Å². The number of pyridine rings is 1. The fourth-order valence-corrected chi connectivity index (χ4v) is 5.42. The molecule has 0 amide bonds. The predicted molar refractivity (Wildman–Crippen MR) is 108 cm³/mol. The summed E-state index contributed by atoms with van der Waals surface area (Å²) in [5.74, 6) is 0.643. The number of anilines is 1. The third-order valence-electron chi connectivity index (χ3n) is 5.44. The number of carbonyl (C=O) groups excluding carboxylic acids is 1. The summed E-state index contributed by atoms with van der Waals surface area (Å²) in [5.41, 5.74) is 0.566. The molecule has 8 nitrogen and oxygen atoms in total. The molecule has 0 aromatic carbocycles. The van der Waals surface area contributed by atoms with E-state index in [1.54, 1.807) is 22.6 Å². The fraction of sp³-hybridized carbons (Fsp3) is 0.684. The van der Waals surface area contributed by atoms with Crippen molar-refractivity contribution in [1.29, 1.82) is 0 Å². The van der Waals surface area contributed by atoms with Crippen LogP contribution in [0.25, 0.3) is 0 Å². The molecule has 2 saturated heterocycles. The van der Waals surface area contributed by atoms with E-state index < -0.39 is 10.0 Å². The zero-order chi connectivity index (χ0) is 20.0. The monoisotopic (exact) mass is 410 g/mol. The van der Waals surface area contributed by atoms with E-state index in [1.165, 1.54) is 0 Å². The zero-order valence-electron chi connectivity index (χ0n) is 16.3. The molecule has 1 N–H and O–H groups in total. The van der Waals surface area contributed by atoms with Crippen molar-refractivity contribution in [2.24, 2.45) is 0 Å². The van der Waals surface area contributed by atoms with Gasteiger partial charge >= 0.3 is 0 Å². The van der Waals surface area contributed by atoms with Crippen molar-refractivity contribution in [2.75, 3.05) is 63.1 Å². The summed E-state index contributed by atoms with van der Waals surface area (Å²) < 4.78 is 26.2. The van der Waals surface area contributed by atoms with E-state index in [0.29, 0.717) is 37.4 Å². The van der Waals surface area contributed by atoms with Gasteiger partial charge in [0, 0.05) is 58.4 Å². The van der Waals surface area contributed by atoms with Gasteiger partial charge in [0.2, 0.25) is 10.0 Å². The predicted octanol–water partition coefficient (Wildman–Crippen LogP) is 0.584. The molecule has 0 radical (unpaired) electrons. The smallest absolute Gasteiger partial charge is 0.214 e. The molecule has 2 aliphatic heterocycles. The van der Waals surface area contributed by atoms with E-state index in [0.717, 1.165) is 39.0 Å². The molecule has 0 spiro atoms. The van der Waals surface area contributed by atoms with Crippen LogP contribution in [0.4, 0.5) is 5.82 Å². The maximum atomic E-state index is 12.8. The van der Waals surface area contributed by atoms with E-state index >= 15 is 0 Å². The lowest BCUT2D eigenvalue weighted by atomic mass is 10.1. The first-order chi connectivity index (χ1) is 13.5. The summed E-state index contributed by atoms with van der Waals surface area (Å²) in [5, 5.41) is 9.07. The van der Waals surface area contributed by atoms with Crippen LogP contribution in [-0.4, -0.2) is 91.7 Å². The first-order valence-electron chi connectivity index (χ1n) is 10.1. The number of sulfonamides is 1. The Morgan fingerprint density at radius 3 is 2.50 bits per heavy atom. The van der Waals surface area contributed by atoms with Gasteiger partial charge in [0.05, 0.1) is 17.9 Å². The Labute approximate surface area is 167 Å². The summed E-state index contributed by atoms with van der Waals surface area (Å²) in [7, 11) is -3.25. The lowest BCUT2D eigenvalue weighted by Gasteiger charge is -2.35. The highest BCUT2D eigenvalue weighted by Gasteiger charge is 2.26. The normalized spacial score (nSPS) is 19.2. The zero-order valence-corrected chi connectivity index (χ0v) is 17.1. The number of aliphatic hydroxyl groups excluding tert-OH is 1. The Morgan fingerprint density at radius 1 is 1.11 bits per heavy atom. The van der Waals surface area contributed by atoms with Crippen molar-refractivity contribution < 1.29 is 18.3 Å². The third-order valence-corrected chi connectivity index (χ3v) is 7.40. The first-order valence-corrected chi connectivity index (χ1v) is 11.7. The molecule has 0 unspecified atom stereocenters. The number of ketones is 1. The fourth-order valence-electron chi connectivity index (χ4n) is 3.84. The van der Waals surface area contributed by atoms with Crippen LogP contribution < -0.4 is 4.90 Å². The highest BCUT2D eigenvalue weighted by Crippen LogP contribution is 2.22. The molecule has 1 aromatic heterocycles. The van der Waals surface area contributed by atoms with Crippen molar-refractivity contribution in [3.63, 3.8) is 0 Å². The van der Waals surface area contributed by atoms with E-state index in [-0.39, 0.29) is 24.6 Å². The van der Waals surface area contributed by atoms with E-state index in [9.17, 15) is 13.2 Å². The highest BCUT2D eigenvalue weighted by molar-refractivity contribution is 7.89. The molecule has 9 heteroatoms. The third kappa shape index (κ3) is 5.28. The van der Waals surface area contributed by atoms with E-state index in [4.69, 9.17) is 5.11 Å². The minimum absolute atomic E-state index is 0.0220. The topological polar surface area (TPSA) is 94.0 Å². The molecule has 2 fully saturated rings. The molecule has 156 valence electrons. The van der Waals surface area contributed by atoms with Crippen molar-refractivity contribution in [1.82, 2.24) is 14.2 Å². The Balaban J connectivity index is 1.57. The minimum Gasteiger partial charge on any atom is -0.395 e. The maximum Gasteiger partial charge on any atom is 0.214 e. The Kier molecular flexibility index (Phi) is 7.39. The molecule has 0 atom stereocenters. The van der Waals surface area contributed by atoms with Gasteiger partial charge in [0.25, 0.3) is 0 Å². The van der Waals surface area contributed by atoms with Crippen LogP contribution in [0.2, 0.25) is 0 Å². The molecule has 2 aliphatic rings. The van der Waals surface area contributed by atoms with Gasteiger partial charge in [-0.15, -0.1) is 0 Å².